The van der Waals surface area contributed by atoms with Gasteiger partial charge in [-0.2, -0.15) is 0 Å². The van der Waals surface area contributed by atoms with E-state index in [1.165, 1.54) is 0 Å². The van der Waals surface area contributed by atoms with Gasteiger partial charge in [-0.05, 0) is 22.3 Å². The third-order valence-electron chi connectivity index (χ3n) is 6.05. The van der Waals surface area contributed by atoms with Gasteiger partial charge in [0.25, 0.3) is 0 Å². The standard InChI is InChI=1S/C30H20O2S2/c31-34(32)29(24-19-11-4-12-20-24)26(22-15-7-2-8-16-22)28-30(34)25(21-13-5-1-6-14-21)27(33-28)23-17-9-3-10-18-23/h1-20H. The molecule has 34 heavy (non-hydrogen) atoms. The van der Waals surface area contributed by atoms with E-state index in [0.29, 0.717) is 15.4 Å². The Labute approximate surface area is 203 Å². The molecular weight excluding hydrogens is 456 g/mol. The number of fused-ring (bicyclic) bond motifs is 1. The van der Waals surface area contributed by atoms with Crippen molar-refractivity contribution < 1.29 is 8.42 Å². The molecule has 1 aliphatic rings. The molecule has 6 rings (SSSR count). The van der Waals surface area contributed by atoms with Gasteiger partial charge >= 0.3 is 0 Å². The molecule has 164 valence electrons. The Hall–Kier alpha value is -3.73. The summed E-state index contributed by atoms with van der Waals surface area (Å²) in [6.07, 6.45) is 0. The summed E-state index contributed by atoms with van der Waals surface area (Å²) in [5.41, 5.74) is 5.11. The highest BCUT2D eigenvalue weighted by molar-refractivity contribution is 8.01. The van der Waals surface area contributed by atoms with Crippen molar-refractivity contribution in [1.82, 2.24) is 0 Å². The Morgan fingerprint density at radius 1 is 0.471 bits per heavy atom. The van der Waals surface area contributed by atoms with Crippen molar-refractivity contribution in [2.75, 3.05) is 0 Å². The number of thiophene rings is 1. The van der Waals surface area contributed by atoms with E-state index in [1.807, 2.05) is 121 Å². The van der Waals surface area contributed by atoms with Crippen LogP contribution in [0.15, 0.2) is 126 Å². The minimum atomic E-state index is -3.77. The minimum Gasteiger partial charge on any atom is -0.218 e. The van der Waals surface area contributed by atoms with Crippen LogP contribution in [0.2, 0.25) is 0 Å². The van der Waals surface area contributed by atoms with Gasteiger partial charge in [0.05, 0.1) is 14.7 Å². The maximum atomic E-state index is 14.4. The van der Waals surface area contributed by atoms with Crippen molar-refractivity contribution in [2.45, 2.75) is 4.90 Å². The van der Waals surface area contributed by atoms with Crippen LogP contribution in [0.4, 0.5) is 0 Å². The maximum Gasteiger partial charge on any atom is 0.209 e. The van der Waals surface area contributed by atoms with Crippen molar-refractivity contribution in [3.05, 3.63) is 137 Å². The van der Waals surface area contributed by atoms with Gasteiger partial charge in [0, 0.05) is 16.0 Å². The van der Waals surface area contributed by atoms with Crippen LogP contribution < -0.4 is 0 Å². The summed E-state index contributed by atoms with van der Waals surface area (Å²) in [7, 11) is -3.77. The van der Waals surface area contributed by atoms with Crippen molar-refractivity contribution >= 4 is 31.7 Å². The first-order chi connectivity index (χ1) is 16.7. The fourth-order valence-electron chi connectivity index (χ4n) is 4.59. The number of benzene rings is 4. The summed E-state index contributed by atoms with van der Waals surface area (Å²) >= 11 is 1.56. The van der Waals surface area contributed by atoms with Gasteiger partial charge in [0.2, 0.25) is 9.84 Å². The van der Waals surface area contributed by atoms with E-state index in [9.17, 15) is 8.42 Å². The van der Waals surface area contributed by atoms with Crippen LogP contribution in [0.1, 0.15) is 16.0 Å². The molecule has 0 saturated carbocycles. The second kappa shape index (κ2) is 8.24. The van der Waals surface area contributed by atoms with Gasteiger partial charge in [-0.25, -0.2) is 8.42 Å². The Kier molecular flexibility index (Phi) is 5.05. The average Bonchev–Trinajstić information content (AvgIpc) is 3.40. The SMILES string of the molecule is O=S1(=O)C(c2ccccc2)=C(c2ccccc2)c2sc(-c3ccccc3)c(-c3ccccc3)c21. The third kappa shape index (κ3) is 3.26. The fourth-order valence-corrected chi connectivity index (χ4v) is 8.45. The minimum absolute atomic E-state index is 0.386. The van der Waals surface area contributed by atoms with E-state index in [0.717, 1.165) is 37.6 Å². The zero-order valence-corrected chi connectivity index (χ0v) is 19.8. The molecule has 0 N–H and O–H groups in total. The van der Waals surface area contributed by atoms with Crippen LogP contribution in [0.25, 0.3) is 32.0 Å². The normalized spacial score (nSPS) is 14.2. The first-order valence-electron chi connectivity index (χ1n) is 11.0. The van der Waals surface area contributed by atoms with E-state index >= 15 is 0 Å². The van der Waals surface area contributed by atoms with Crippen molar-refractivity contribution in [1.29, 1.82) is 0 Å². The molecule has 0 bridgehead atoms. The number of hydrogen-bond acceptors (Lipinski definition) is 3. The molecule has 0 fully saturated rings. The predicted molar refractivity (Wildman–Crippen MR) is 141 cm³/mol. The second-order valence-electron chi connectivity index (χ2n) is 8.14. The Morgan fingerprint density at radius 3 is 1.44 bits per heavy atom. The van der Waals surface area contributed by atoms with E-state index in [-0.39, 0.29) is 0 Å². The molecule has 0 spiro atoms. The Balaban J connectivity index is 1.75. The van der Waals surface area contributed by atoms with Gasteiger partial charge in [0.1, 0.15) is 0 Å². The largest absolute Gasteiger partial charge is 0.218 e. The summed E-state index contributed by atoms with van der Waals surface area (Å²) in [5, 5.41) is 0. The van der Waals surface area contributed by atoms with Crippen molar-refractivity contribution in [2.24, 2.45) is 0 Å². The molecule has 0 amide bonds. The smallest absolute Gasteiger partial charge is 0.209 e. The lowest BCUT2D eigenvalue weighted by Gasteiger charge is -2.11. The first kappa shape index (κ1) is 20.8. The molecule has 1 aromatic heterocycles. The lowest BCUT2D eigenvalue weighted by atomic mass is 9.98. The summed E-state index contributed by atoms with van der Waals surface area (Å²) < 4.78 is 28.7. The van der Waals surface area contributed by atoms with Crippen LogP contribution in [0.5, 0.6) is 0 Å². The van der Waals surface area contributed by atoms with Gasteiger partial charge in [0.15, 0.2) is 0 Å². The molecule has 2 nitrogen and oxygen atoms in total. The van der Waals surface area contributed by atoms with Gasteiger partial charge in [-0.1, -0.05) is 121 Å². The summed E-state index contributed by atoms with van der Waals surface area (Å²) in [4.78, 5) is 2.58. The monoisotopic (exact) mass is 476 g/mol. The van der Waals surface area contributed by atoms with E-state index in [4.69, 9.17) is 0 Å². The molecule has 0 radical (unpaired) electrons. The Morgan fingerprint density at radius 2 is 0.912 bits per heavy atom. The second-order valence-corrected chi connectivity index (χ2v) is 11.0. The highest BCUT2D eigenvalue weighted by Gasteiger charge is 2.42. The lowest BCUT2D eigenvalue weighted by Crippen LogP contribution is -2.02. The van der Waals surface area contributed by atoms with E-state index in [1.54, 1.807) is 11.3 Å². The maximum absolute atomic E-state index is 14.4. The van der Waals surface area contributed by atoms with Crippen molar-refractivity contribution in [3.8, 4) is 21.6 Å². The molecule has 0 aliphatic carbocycles. The first-order valence-corrected chi connectivity index (χ1v) is 13.3. The molecule has 4 heteroatoms. The quantitative estimate of drug-likeness (QED) is 0.265. The van der Waals surface area contributed by atoms with Crippen LogP contribution in [-0.2, 0) is 9.84 Å². The molecule has 2 heterocycles. The summed E-state index contributed by atoms with van der Waals surface area (Å²) in [6.45, 7) is 0. The summed E-state index contributed by atoms with van der Waals surface area (Å²) in [5.74, 6) is 0. The molecule has 0 unspecified atom stereocenters. The van der Waals surface area contributed by atoms with Crippen LogP contribution >= 0.6 is 11.3 Å². The topological polar surface area (TPSA) is 34.1 Å². The fraction of sp³-hybridized carbons (Fsp3) is 0. The van der Waals surface area contributed by atoms with Gasteiger partial charge in [-0.15, -0.1) is 11.3 Å². The predicted octanol–water partition coefficient (Wildman–Crippen LogP) is 7.79. The molecular formula is C30H20O2S2. The van der Waals surface area contributed by atoms with Gasteiger partial charge in [-0.3, -0.25) is 0 Å². The van der Waals surface area contributed by atoms with Gasteiger partial charge < -0.3 is 0 Å². The number of sulfone groups is 1. The average molecular weight is 477 g/mol. The third-order valence-corrected chi connectivity index (χ3v) is 9.36. The summed E-state index contributed by atoms with van der Waals surface area (Å²) in [6, 6.07) is 39.2. The number of hydrogen-bond donors (Lipinski definition) is 0. The highest BCUT2D eigenvalue weighted by Crippen LogP contribution is 2.57. The lowest BCUT2D eigenvalue weighted by molar-refractivity contribution is 0.607. The van der Waals surface area contributed by atoms with Crippen LogP contribution in [0.3, 0.4) is 0 Å². The zero-order valence-electron chi connectivity index (χ0n) is 18.2. The number of rotatable bonds is 4. The molecule has 1 aliphatic heterocycles. The van der Waals surface area contributed by atoms with Crippen molar-refractivity contribution in [3.63, 3.8) is 0 Å². The van der Waals surface area contributed by atoms with E-state index in [2.05, 4.69) is 0 Å². The van der Waals surface area contributed by atoms with Crippen LogP contribution in [-0.4, -0.2) is 8.42 Å². The Bertz CT molecular complexity index is 1620. The molecule has 5 aromatic rings. The molecule has 0 atom stereocenters. The van der Waals surface area contributed by atoms with E-state index < -0.39 is 9.84 Å². The highest BCUT2D eigenvalue weighted by atomic mass is 32.2. The zero-order chi connectivity index (χ0) is 23.1. The molecule has 0 saturated heterocycles. The molecule has 4 aromatic carbocycles. The van der Waals surface area contributed by atoms with Crippen LogP contribution in [0, 0.1) is 0 Å².